The number of hydrogen-bond acceptors (Lipinski definition) is 7. The molecule has 2 bridgehead atoms. The number of anilines is 1. The van der Waals surface area contributed by atoms with Crippen molar-refractivity contribution in [2.75, 3.05) is 44.7 Å². The van der Waals surface area contributed by atoms with Gasteiger partial charge in [-0.15, -0.1) is 0 Å². The molecule has 3 aliphatic heterocycles. The summed E-state index contributed by atoms with van der Waals surface area (Å²) in [6.07, 6.45) is 5.14. The Hall–Kier alpha value is -3.36. The zero-order valence-corrected chi connectivity index (χ0v) is 22.0. The third-order valence-electron chi connectivity index (χ3n) is 8.46. The van der Waals surface area contributed by atoms with E-state index < -0.39 is 5.82 Å². The average molecular weight is 513 g/mol. The molecule has 3 atom stereocenters. The molecule has 0 saturated carbocycles. The second-order valence-corrected chi connectivity index (χ2v) is 11.3. The third-order valence-corrected chi connectivity index (χ3v) is 8.46. The molecule has 3 fully saturated rings. The summed E-state index contributed by atoms with van der Waals surface area (Å²) >= 11 is 0. The number of hydrogen-bond donors (Lipinski definition) is 1. The predicted octanol–water partition coefficient (Wildman–Crippen LogP) is 4.56. The first kappa shape index (κ1) is 23.7. The average Bonchev–Trinajstić information content (AvgIpc) is 3.50. The molecule has 0 amide bonds. The summed E-state index contributed by atoms with van der Waals surface area (Å²) in [4.78, 5) is 18.8. The number of pyridine rings is 1. The highest BCUT2D eigenvalue weighted by molar-refractivity contribution is 6.00. The van der Waals surface area contributed by atoms with Gasteiger partial charge in [0.15, 0.2) is 5.82 Å². The number of nitrogens with one attached hydrogen (secondary N) is 1. The van der Waals surface area contributed by atoms with Gasteiger partial charge in [0.25, 0.3) is 0 Å². The quantitative estimate of drug-likeness (QED) is 0.420. The molecule has 1 N–H and O–H groups in total. The molecule has 7 rings (SSSR count). The molecule has 4 aromatic rings. The first-order valence-corrected chi connectivity index (χ1v) is 13.7. The van der Waals surface area contributed by atoms with Crippen molar-refractivity contribution in [2.45, 2.75) is 38.3 Å². The highest BCUT2D eigenvalue weighted by atomic mass is 19.1. The Balaban J connectivity index is 1.35. The maximum atomic E-state index is 16.5. The smallest absolute Gasteiger partial charge is 0.319 e. The monoisotopic (exact) mass is 512 g/mol. The molecule has 0 aliphatic carbocycles. The second kappa shape index (κ2) is 9.43. The fourth-order valence-electron chi connectivity index (χ4n) is 6.57. The molecular formula is C30H33FN6O. The maximum absolute atomic E-state index is 16.5. The van der Waals surface area contributed by atoms with Gasteiger partial charge in [-0.3, -0.25) is 4.98 Å². The van der Waals surface area contributed by atoms with Crippen LogP contribution in [0.3, 0.4) is 0 Å². The minimum Gasteiger partial charge on any atom is -0.463 e. The van der Waals surface area contributed by atoms with Gasteiger partial charge in [0.05, 0.1) is 12.0 Å². The van der Waals surface area contributed by atoms with E-state index in [0.717, 1.165) is 73.2 Å². The Morgan fingerprint density at radius 3 is 2.58 bits per heavy atom. The van der Waals surface area contributed by atoms with E-state index in [2.05, 4.69) is 57.3 Å². The van der Waals surface area contributed by atoms with E-state index >= 15 is 4.39 Å². The van der Waals surface area contributed by atoms with Crippen LogP contribution in [0.1, 0.15) is 24.8 Å². The SMILES string of the molecule is Cc1cccc2cccc(-c3ncc4c(N5CC6CCC(C5)N6)nc(OC[C@@H]5CCN(C)C5)nc4c3F)c12. The molecule has 5 heterocycles. The number of halogens is 1. The molecule has 3 saturated heterocycles. The molecule has 2 aromatic heterocycles. The van der Waals surface area contributed by atoms with E-state index in [1.54, 1.807) is 6.20 Å². The van der Waals surface area contributed by atoms with Crippen molar-refractivity contribution < 1.29 is 9.13 Å². The number of rotatable bonds is 5. The van der Waals surface area contributed by atoms with E-state index in [4.69, 9.17) is 9.72 Å². The van der Waals surface area contributed by atoms with Crippen LogP contribution in [0.5, 0.6) is 6.01 Å². The van der Waals surface area contributed by atoms with Crippen LogP contribution in [-0.4, -0.2) is 71.8 Å². The molecule has 196 valence electrons. The molecule has 0 radical (unpaired) electrons. The van der Waals surface area contributed by atoms with E-state index in [-0.39, 0.29) is 11.5 Å². The van der Waals surface area contributed by atoms with Crippen molar-refractivity contribution in [3.8, 4) is 17.3 Å². The molecule has 2 aromatic carbocycles. The minimum absolute atomic E-state index is 0.248. The van der Waals surface area contributed by atoms with E-state index in [1.807, 2.05) is 18.2 Å². The molecule has 2 unspecified atom stereocenters. The number of aromatic nitrogens is 3. The van der Waals surface area contributed by atoms with E-state index in [9.17, 15) is 0 Å². The summed E-state index contributed by atoms with van der Waals surface area (Å²) < 4.78 is 22.6. The summed E-state index contributed by atoms with van der Waals surface area (Å²) in [5, 5.41) is 6.38. The molecule has 8 heteroatoms. The van der Waals surface area contributed by atoms with Crippen LogP contribution in [0.25, 0.3) is 32.9 Å². The number of fused-ring (bicyclic) bond motifs is 4. The van der Waals surface area contributed by atoms with Crippen molar-refractivity contribution in [3.63, 3.8) is 0 Å². The molecule has 3 aliphatic rings. The fourth-order valence-corrected chi connectivity index (χ4v) is 6.57. The minimum atomic E-state index is -0.426. The number of nitrogens with zero attached hydrogens (tertiary/aromatic N) is 5. The largest absolute Gasteiger partial charge is 0.463 e. The lowest BCUT2D eigenvalue weighted by atomic mass is 9.97. The van der Waals surface area contributed by atoms with Crippen LogP contribution in [0, 0.1) is 18.7 Å². The second-order valence-electron chi connectivity index (χ2n) is 11.3. The summed E-state index contributed by atoms with van der Waals surface area (Å²) in [7, 11) is 2.13. The lowest BCUT2D eigenvalue weighted by Gasteiger charge is -2.34. The Kier molecular flexibility index (Phi) is 5.89. The van der Waals surface area contributed by atoms with E-state index in [1.165, 1.54) is 0 Å². The topological polar surface area (TPSA) is 66.4 Å². The van der Waals surface area contributed by atoms with Crippen LogP contribution in [0.4, 0.5) is 10.2 Å². The van der Waals surface area contributed by atoms with Crippen LogP contribution in [0.2, 0.25) is 0 Å². The molecule has 0 spiro atoms. The van der Waals surface area contributed by atoms with Crippen LogP contribution in [0.15, 0.2) is 42.6 Å². The first-order chi connectivity index (χ1) is 18.5. The third kappa shape index (κ3) is 4.16. The predicted molar refractivity (Wildman–Crippen MR) is 148 cm³/mol. The number of benzene rings is 2. The Labute approximate surface area is 222 Å². The van der Waals surface area contributed by atoms with Gasteiger partial charge in [-0.2, -0.15) is 9.97 Å². The van der Waals surface area contributed by atoms with Gasteiger partial charge in [-0.1, -0.05) is 36.4 Å². The van der Waals surface area contributed by atoms with Gasteiger partial charge in [-0.25, -0.2) is 4.39 Å². The Morgan fingerprint density at radius 1 is 1.03 bits per heavy atom. The first-order valence-electron chi connectivity index (χ1n) is 13.7. The van der Waals surface area contributed by atoms with Crippen molar-refractivity contribution in [1.29, 1.82) is 0 Å². The normalized spacial score (nSPS) is 23.6. The Bertz CT molecular complexity index is 1510. The summed E-state index contributed by atoms with van der Waals surface area (Å²) in [5.41, 5.74) is 2.45. The zero-order chi connectivity index (χ0) is 25.8. The standard InChI is InChI=1S/C30H33FN6O/c1-18-5-3-6-20-7-4-8-23(25(18)20)27-26(31)28-24(13-32-27)29(37-15-21-9-10-22(16-37)33-21)35-30(34-28)38-17-19-11-12-36(2)14-19/h3-8,13,19,21-22,33H,9-12,14-17H2,1-2H3/t19-,21?,22?/m1/s1. The molecule has 7 nitrogen and oxygen atoms in total. The lowest BCUT2D eigenvalue weighted by Crippen LogP contribution is -2.51. The van der Waals surface area contributed by atoms with Gasteiger partial charge in [0.2, 0.25) is 0 Å². The van der Waals surface area contributed by atoms with Gasteiger partial charge in [-0.05, 0) is 56.1 Å². The van der Waals surface area contributed by atoms with Crippen LogP contribution in [-0.2, 0) is 0 Å². The zero-order valence-electron chi connectivity index (χ0n) is 22.0. The summed E-state index contributed by atoms with van der Waals surface area (Å²) in [5.74, 6) is 0.721. The van der Waals surface area contributed by atoms with Crippen molar-refractivity contribution in [1.82, 2.24) is 25.2 Å². The maximum Gasteiger partial charge on any atom is 0.319 e. The molecular weight excluding hydrogens is 479 g/mol. The molecule has 38 heavy (non-hydrogen) atoms. The van der Waals surface area contributed by atoms with Gasteiger partial charge < -0.3 is 19.9 Å². The summed E-state index contributed by atoms with van der Waals surface area (Å²) in [6.45, 7) is 6.31. The highest BCUT2D eigenvalue weighted by Gasteiger charge is 2.34. The van der Waals surface area contributed by atoms with E-state index in [0.29, 0.717) is 35.7 Å². The van der Waals surface area contributed by atoms with Gasteiger partial charge in [0.1, 0.15) is 17.0 Å². The van der Waals surface area contributed by atoms with Crippen LogP contribution < -0.4 is 15.0 Å². The van der Waals surface area contributed by atoms with Gasteiger partial charge >= 0.3 is 6.01 Å². The lowest BCUT2D eigenvalue weighted by molar-refractivity contribution is 0.233. The summed E-state index contributed by atoms with van der Waals surface area (Å²) in [6, 6.07) is 13.2. The highest BCUT2D eigenvalue weighted by Crippen LogP contribution is 2.37. The van der Waals surface area contributed by atoms with Crippen molar-refractivity contribution >= 4 is 27.5 Å². The van der Waals surface area contributed by atoms with Gasteiger partial charge in [0, 0.05) is 49.4 Å². The number of aryl methyl sites for hydroxylation is 1. The number of likely N-dealkylation sites (tertiary alicyclic amines) is 1. The Morgan fingerprint density at radius 2 is 1.82 bits per heavy atom. The fraction of sp³-hybridized carbons (Fsp3) is 0.433. The number of piperazine rings is 1. The van der Waals surface area contributed by atoms with Crippen LogP contribution >= 0.6 is 0 Å². The van der Waals surface area contributed by atoms with Crippen molar-refractivity contribution in [3.05, 3.63) is 54.0 Å². The number of ether oxygens (including phenoxy) is 1. The van der Waals surface area contributed by atoms with Crippen molar-refractivity contribution in [2.24, 2.45) is 5.92 Å².